The van der Waals surface area contributed by atoms with Crippen LogP contribution in [0.4, 0.5) is 0 Å². The molecule has 0 aromatic heterocycles. The molecule has 4 nitrogen and oxygen atoms in total. The Labute approximate surface area is 79.5 Å². The summed E-state index contributed by atoms with van der Waals surface area (Å²) in [6.07, 6.45) is 0.655. The van der Waals surface area contributed by atoms with E-state index >= 15 is 0 Å². The lowest BCUT2D eigenvalue weighted by Crippen LogP contribution is -2.51. The monoisotopic (exact) mass is 182 g/mol. The van der Waals surface area contributed by atoms with Crippen molar-refractivity contribution in [3.8, 4) is 0 Å². The van der Waals surface area contributed by atoms with Gasteiger partial charge in [-0.3, -0.25) is 14.7 Å². The van der Waals surface area contributed by atoms with E-state index in [1.165, 1.54) is 39.3 Å². The first-order chi connectivity index (χ1) is 6.45. The Bertz CT molecular complexity index is 178. The summed E-state index contributed by atoms with van der Waals surface area (Å²) < 4.78 is 0. The Kier molecular flexibility index (Phi) is 2.01. The van der Waals surface area contributed by atoms with Gasteiger partial charge in [-0.15, -0.1) is 0 Å². The summed E-state index contributed by atoms with van der Waals surface area (Å²) in [6, 6.07) is 0. The van der Waals surface area contributed by atoms with Crippen LogP contribution in [0.2, 0.25) is 0 Å². The van der Waals surface area contributed by atoms with Crippen molar-refractivity contribution in [1.29, 1.82) is 0 Å². The molecule has 0 amide bonds. The fourth-order valence-corrected chi connectivity index (χ4v) is 2.81. The highest BCUT2D eigenvalue weighted by Gasteiger charge is 2.40. The fourth-order valence-electron chi connectivity index (χ4n) is 2.81. The van der Waals surface area contributed by atoms with Crippen LogP contribution in [0.15, 0.2) is 0 Å². The van der Waals surface area contributed by atoms with E-state index in [1.54, 1.807) is 0 Å². The normalized spacial score (nSPS) is 33.2. The molecular weight excluding hydrogens is 164 g/mol. The molecule has 0 aliphatic carbocycles. The standard InChI is InChI=1S/C9H18N4/c1-3-11-5-7-13-8-6-12(9(11)13)4-2-10-1/h9-10H,1-8H2. The topological polar surface area (TPSA) is 21.8 Å². The average Bonchev–Trinajstić information content (AvgIpc) is 2.60. The first kappa shape index (κ1) is 8.17. The number of nitrogens with one attached hydrogen (secondary N) is 1. The summed E-state index contributed by atoms with van der Waals surface area (Å²) in [4.78, 5) is 7.84. The molecule has 3 rings (SSSR count). The van der Waals surface area contributed by atoms with E-state index in [0.717, 1.165) is 13.1 Å². The molecule has 0 aromatic carbocycles. The Morgan fingerprint density at radius 2 is 1.15 bits per heavy atom. The third kappa shape index (κ3) is 1.29. The van der Waals surface area contributed by atoms with Gasteiger partial charge in [0, 0.05) is 52.4 Å². The van der Waals surface area contributed by atoms with Crippen molar-refractivity contribution >= 4 is 0 Å². The second-order valence-electron chi connectivity index (χ2n) is 4.20. The Hall–Kier alpha value is -0.160. The van der Waals surface area contributed by atoms with Crippen LogP contribution in [0.3, 0.4) is 0 Å². The molecule has 0 aromatic rings. The second-order valence-corrected chi connectivity index (χ2v) is 4.20. The largest absolute Gasteiger partial charge is 0.314 e. The molecule has 0 saturated carbocycles. The number of rotatable bonds is 0. The zero-order chi connectivity index (χ0) is 8.67. The van der Waals surface area contributed by atoms with Gasteiger partial charge in [0.25, 0.3) is 0 Å². The lowest BCUT2D eigenvalue weighted by Gasteiger charge is -2.34. The van der Waals surface area contributed by atoms with Gasteiger partial charge in [0.05, 0.1) is 0 Å². The molecule has 0 unspecified atom stereocenters. The molecule has 3 heterocycles. The van der Waals surface area contributed by atoms with Crippen molar-refractivity contribution in [3.05, 3.63) is 0 Å². The summed E-state index contributed by atoms with van der Waals surface area (Å²) in [5.41, 5.74) is 0. The lowest BCUT2D eigenvalue weighted by molar-refractivity contribution is 0.0430. The smallest absolute Gasteiger partial charge is 0.119 e. The van der Waals surface area contributed by atoms with Crippen molar-refractivity contribution < 1.29 is 0 Å². The molecule has 1 N–H and O–H groups in total. The van der Waals surface area contributed by atoms with Crippen LogP contribution in [0.1, 0.15) is 0 Å². The molecule has 3 fully saturated rings. The van der Waals surface area contributed by atoms with Crippen LogP contribution in [-0.4, -0.2) is 73.3 Å². The minimum absolute atomic E-state index is 0.655. The van der Waals surface area contributed by atoms with Crippen molar-refractivity contribution in [1.82, 2.24) is 20.0 Å². The molecule has 0 spiro atoms. The average molecular weight is 182 g/mol. The molecule has 3 saturated heterocycles. The SMILES string of the molecule is C1CN2CCN3CCN(CCN1)C23. The molecular formula is C9H18N4. The molecule has 0 atom stereocenters. The number of nitrogens with zero attached hydrogens (tertiary/aromatic N) is 3. The number of hydrogen-bond acceptors (Lipinski definition) is 4. The third-order valence-corrected chi connectivity index (χ3v) is 3.48. The highest BCUT2D eigenvalue weighted by atomic mass is 15.6. The Balaban J connectivity index is 1.79. The predicted octanol–water partition coefficient (Wildman–Crippen LogP) is -1.19. The maximum Gasteiger partial charge on any atom is 0.119 e. The first-order valence-corrected chi connectivity index (χ1v) is 5.38. The van der Waals surface area contributed by atoms with E-state index in [0.29, 0.717) is 6.29 Å². The summed E-state index contributed by atoms with van der Waals surface area (Å²) in [5, 5.41) is 3.48. The molecule has 4 heteroatoms. The van der Waals surface area contributed by atoms with Crippen molar-refractivity contribution in [3.63, 3.8) is 0 Å². The van der Waals surface area contributed by atoms with Gasteiger partial charge in [-0.25, -0.2) is 0 Å². The van der Waals surface area contributed by atoms with Gasteiger partial charge < -0.3 is 5.32 Å². The van der Waals surface area contributed by atoms with Crippen molar-refractivity contribution in [2.75, 3.05) is 52.4 Å². The maximum atomic E-state index is 3.48. The molecule has 0 bridgehead atoms. The summed E-state index contributed by atoms with van der Waals surface area (Å²) in [7, 11) is 0. The lowest BCUT2D eigenvalue weighted by atomic mass is 10.4. The minimum atomic E-state index is 0.655. The van der Waals surface area contributed by atoms with Crippen LogP contribution >= 0.6 is 0 Å². The van der Waals surface area contributed by atoms with Gasteiger partial charge in [-0.1, -0.05) is 0 Å². The highest BCUT2D eigenvalue weighted by molar-refractivity contribution is 4.89. The molecule has 13 heavy (non-hydrogen) atoms. The minimum Gasteiger partial charge on any atom is -0.314 e. The zero-order valence-corrected chi connectivity index (χ0v) is 8.08. The van der Waals surface area contributed by atoms with E-state index in [4.69, 9.17) is 0 Å². The third-order valence-electron chi connectivity index (χ3n) is 3.48. The van der Waals surface area contributed by atoms with Gasteiger partial charge in [-0.05, 0) is 0 Å². The fraction of sp³-hybridized carbons (Fsp3) is 1.00. The molecule has 3 aliphatic rings. The van der Waals surface area contributed by atoms with Crippen molar-refractivity contribution in [2.24, 2.45) is 0 Å². The Morgan fingerprint density at radius 3 is 1.69 bits per heavy atom. The molecule has 74 valence electrons. The quantitative estimate of drug-likeness (QED) is 0.508. The van der Waals surface area contributed by atoms with Gasteiger partial charge in [0.2, 0.25) is 0 Å². The first-order valence-electron chi connectivity index (χ1n) is 5.38. The van der Waals surface area contributed by atoms with Crippen molar-refractivity contribution in [2.45, 2.75) is 6.29 Å². The van der Waals surface area contributed by atoms with Gasteiger partial charge in [0.15, 0.2) is 0 Å². The van der Waals surface area contributed by atoms with E-state index in [2.05, 4.69) is 20.0 Å². The van der Waals surface area contributed by atoms with Gasteiger partial charge in [0.1, 0.15) is 6.29 Å². The molecule has 0 radical (unpaired) electrons. The highest BCUT2D eigenvalue weighted by Crippen LogP contribution is 2.23. The van der Waals surface area contributed by atoms with E-state index in [1.807, 2.05) is 0 Å². The van der Waals surface area contributed by atoms with E-state index in [-0.39, 0.29) is 0 Å². The second kappa shape index (κ2) is 3.20. The van der Waals surface area contributed by atoms with Crippen LogP contribution in [-0.2, 0) is 0 Å². The van der Waals surface area contributed by atoms with E-state index < -0.39 is 0 Å². The van der Waals surface area contributed by atoms with Crippen LogP contribution in [0.5, 0.6) is 0 Å². The van der Waals surface area contributed by atoms with Gasteiger partial charge >= 0.3 is 0 Å². The molecule has 3 aliphatic heterocycles. The summed E-state index contributed by atoms with van der Waals surface area (Å²) in [6.45, 7) is 9.86. The zero-order valence-electron chi connectivity index (χ0n) is 8.08. The predicted molar refractivity (Wildman–Crippen MR) is 51.4 cm³/mol. The Morgan fingerprint density at radius 1 is 0.692 bits per heavy atom. The summed E-state index contributed by atoms with van der Waals surface area (Å²) in [5.74, 6) is 0. The van der Waals surface area contributed by atoms with Crippen LogP contribution in [0.25, 0.3) is 0 Å². The summed E-state index contributed by atoms with van der Waals surface area (Å²) >= 11 is 0. The van der Waals surface area contributed by atoms with Gasteiger partial charge in [-0.2, -0.15) is 0 Å². The number of hydrogen-bond donors (Lipinski definition) is 1. The van der Waals surface area contributed by atoms with Crippen LogP contribution < -0.4 is 5.32 Å². The van der Waals surface area contributed by atoms with E-state index in [9.17, 15) is 0 Å². The van der Waals surface area contributed by atoms with Crippen LogP contribution in [0, 0.1) is 0 Å². The maximum absolute atomic E-state index is 3.48.